The zero-order valence-corrected chi connectivity index (χ0v) is 21.5. The zero-order valence-electron chi connectivity index (χ0n) is 21.5. The molecule has 1 N–H and O–H groups in total. The fraction of sp³-hybridized carbons (Fsp3) is 0.156. The van der Waals surface area contributed by atoms with Crippen LogP contribution in [0, 0.1) is 6.92 Å². The van der Waals surface area contributed by atoms with Crippen LogP contribution >= 0.6 is 0 Å². The van der Waals surface area contributed by atoms with Gasteiger partial charge in [0, 0.05) is 30.2 Å². The molecule has 0 amide bonds. The van der Waals surface area contributed by atoms with E-state index in [1.807, 2.05) is 67.6 Å². The molecule has 0 spiro atoms. The normalized spacial score (nSPS) is 11.7. The summed E-state index contributed by atoms with van der Waals surface area (Å²) in [6.45, 7) is 2.32. The molecule has 0 fully saturated rings. The average molecular weight is 521 g/mol. The smallest absolute Gasteiger partial charge is 0.327 e. The van der Waals surface area contributed by atoms with E-state index in [0.717, 1.165) is 22.6 Å². The molecule has 7 nitrogen and oxygen atoms in total. The Balaban J connectivity index is 1.21. The monoisotopic (exact) mass is 520 g/mol. The van der Waals surface area contributed by atoms with Gasteiger partial charge in [-0.1, -0.05) is 60.7 Å². The summed E-state index contributed by atoms with van der Waals surface area (Å²) in [6.07, 6.45) is 2.46. The first-order chi connectivity index (χ1) is 19.0. The first kappa shape index (κ1) is 25.7. The number of ether oxygens (including phenoxy) is 1. The van der Waals surface area contributed by atoms with Crippen molar-refractivity contribution in [3.05, 3.63) is 132 Å². The Labute approximate surface area is 226 Å². The number of aromatic nitrogens is 2. The summed E-state index contributed by atoms with van der Waals surface area (Å²) in [5.74, 6) is 0.815. The largest absolute Gasteiger partial charge is 0.493 e. The third-order valence-electron chi connectivity index (χ3n) is 6.54. The molecule has 196 valence electrons. The quantitative estimate of drug-likeness (QED) is 0.209. The van der Waals surface area contributed by atoms with E-state index < -0.39 is 12.0 Å². The Morgan fingerprint density at radius 1 is 0.923 bits per heavy atom. The van der Waals surface area contributed by atoms with Crippen LogP contribution in [0.4, 0.5) is 0 Å². The van der Waals surface area contributed by atoms with Crippen LogP contribution in [0.5, 0.6) is 5.75 Å². The van der Waals surface area contributed by atoms with Gasteiger partial charge in [-0.05, 0) is 48.9 Å². The lowest BCUT2D eigenvalue weighted by molar-refractivity contribution is -0.140. The number of rotatable bonds is 11. The van der Waals surface area contributed by atoms with Crippen LogP contribution in [0.3, 0.4) is 0 Å². The summed E-state index contributed by atoms with van der Waals surface area (Å²) in [7, 11) is 0. The van der Waals surface area contributed by atoms with Gasteiger partial charge in [0.25, 0.3) is 0 Å². The van der Waals surface area contributed by atoms with Crippen LogP contribution in [0.1, 0.15) is 39.1 Å². The van der Waals surface area contributed by atoms with E-state index in [1.165, 1.54) is 4.57 Å². The highest BCUT2D eigenvalue weighted by Gasteiger charge is 2.25. The highest BCUT2D eigenvalue weighted by atomic mass is 16.5. The van der Waals surface area contributed by atoms with Crippen molar-refractivity contribution >= 4 is 11.8 Å². The number of carbonyl (C=O) groups is 2. The molecule has 0 aliphatic rings. The lowest BCUT2D eigenvalue weighted by Crippen LogP contribution is -2.24. The minimum atomic E-state index is -1.01. The second kappa shape index (κ2) is 11.6. The minimum Gasteiger partial charge on any atom is -0.493 e. The Bertz CT molecular complexity index is 1550. The molecule has 1 unspecified atom stereocenters. The lowest BCUT2D eigenvalue weighted by atomic mass is 10.0. The molecule has 5 rings (SSSR count). The second-order valence-electron chi connectivity index (χ2n) is 9.18. The first-order valence-corrected chi connectivity index (χ1v) is 12.7. The first-order valence-electron chi connectivity index (χ1n) is 12.7. The lowest BCUT2D eigenvalue weighted by Gasteiger charge is -2.18. The highest BCUT2D eigenvalue weighted by Crippen LogP contribution is 2.24. The van der Waals surface area contributed by atoms with E-state index in [9.17, 15) is 14.7 Å². The Hall–Kier alpha value is -4.91. The van der Waals surface area contributed by atoms with Crippen molar-refractivity contribution in [3.63, 3.8) is 0 Å². The molecule has 0 aliphatic carbocycles. The SMILES string of the molecule is Cc1oc(-c2ccccc2)nc1CCOc1ccc(CC(C(=O)O)n2cccc2C(=O)c2ccccc2)cc1. The van der Waals surface area contributed by atoms with E-state index in [-0.39, 0.29) is 12.2 Å². The Kier molecular flexibility index (Phi) is 7.68. The van der Waals surface area contributed by atoms with Crippen molar-refractivity contribution in [2.75, 3.05) is 6.61 Å². The molecule has 5 aromatic rings. The minimum absolute atomic E-state index is 0.214. The maximum Gasteiger partial charge on any atom is 0.327 e. The summed E-state index contributed by atoms with van der Waals surface area (Å²) in [4.78, 5) is 29.8. The van der Waals surface area contributed by atoms with Crippen LogP contribution in [0.25, 0.3) is 11.5 Å². The Morgan fingerprint density at radius 2 is 1.62 bits per heavy atom. The molecule has 3 aromatic carbocycles. The maximum absolute atomic E-state index is 13.0. The van der Waals surface area contributed by atoms with Crippen LogP contribution in [-0.4, -0.2) is 33.0 Å². The molecule has 2 heterocycles. The number of hydrogen-bond acceptors (Lipinski definition) is 5. The predicted octanol–water partition coefficient (Wildman–Crippen LogP) is 6.17. The molecule has 0 radical (unpaired) electrons. The fourth-order valence-corrected chi connectivity index (χ4v) is 4.47. The molecule has 2 aromatic heterocycles. The van der Waals surface area contributed by atoms with Gasteiger partial charge >= 0.3 is 5.97 Å². The van der Waals surface area contributed by atoms with Crippen molar-refractivity contribution in [2.24, 2.45) is 0 Å². The molecule has 0 aliphatic heterocycles. The number of carboxylic acids is 1. The van der Waals surface area contributed by atoms with Gasteiger partial charge in [-0.15, -0.1) is 0 Å². The van der Waals surface area contributed by atoms with Gasteiger partial charge in [0.1, 0.15) is 17.6 Å². The number of oxazole rings is 1. The number of benzene rings is 3. The van der Waals surface area contributed by atoms with Crippen molar-refractivity contribution < 1.29 is 23.8 Å². The van der Waals surface area contributed by atoms with Gasteiger partial charge < -0.3 is 18.8 Å². The average Bonchev–Trinajstić information content (AvgIpc) is 3.60. The second-order valence-corrected chi connectivity index (χ2v) is 9.18. The summed E-state index contributed by atoms with van der Waals surface area (Å²) < 4.78 is 13.3. The van der Waals surface area contributed by atoms with Gasteiger partial charge in [-0.3, -0.25) is 4.79 Å². The van der Waals surface area contributed by atoms with E-state index in [1.54, 1.807) is 42.6 Å². The zero-order chi connectivity index (χ0) is 27.2. The van der Waals surface area contributed by atoms with Crippen molar-refractivity contribution in [3.8, 4) is 17.2 Å². The molecule has 0 saturated heterocycles. The highest BCUT2D eigenvalue weighted by molar-refractivity contribution is 6.08. The van der Waals surface area contributed by atoms with Crippen molar-refractivity contribution in [2.45, 2.75) is 25.8 Å². The van der Waals surface area contributed by atoms with Gasteiger partial charge in [-0.25, -0.2) is 9.78 Å². The number of carboxylic acid groups (broad SMARTS) is 1. The molecule has 39 heavy (non-hydrogen) atoms. The van der Waals surface area contributed by atoms with Gasteiger partial charge in [0.05, 0.1) is 18.0 Å². The van der Waals surface area contributed by atoms with E-state index in [2.05, 4.69) is 4.98 Å². The summed E-state index contributed by atoms with van der Waals surface area (Å²) in [6, 6.07) is 28.4. The summed E-state index contributed by atoms with van der Waals surface area (Å²) in [5, 5.41) is 9.99. The van der Waals surface area contributed by atoms with Crippen LogP contribution < -0.4 is 4.74 Å². The van der Waals surface area contributed by atoms with Gasteiger partial charge in [-0.2, -0.15) is 0 Å². The van der Waals surface area contributed by atoms with Crippen LogP contribution in [-0.2, 0) is 17.6 Å². The third kappa shape index (κ3) is 5.99. The van der Waals surface area contributed by atoms with Crippen LogP contribution in [0.15, 0.2) is 108 Å². The van der Waals surface area contributed by atoms with E-state index >= 15 is 0 Å². The number of aryl methyl sites for hydroxylation is 1. The van der Waals surface area contributed by atoms with Crippen molar-refractivity contribution in [1.82, 2.24) is 9.55 Å². The molecular formula is C32H28N2O5. The molecule has 7 heteroatoms. The number of aliphatic carboxylic acids is 1. The maximum atomic E-state index is 13.0. The van der Waals surface area contributed by atoms with Crippen molar-refractivity contribution in [1.29, 1.82) is 0 Å². The topological polar surface area (TPSA) is 94.6 Å². The van der Waals surface area contributed by atoms with Gasteiger partial charge in [0.15, 0.2) is 0 Å². The standard InChI is InChI=1S/C32H28N2O5/c1-22-27(33-31(39-22)25-11-6-3-7-12-25)18-20-38-26-16-14-23(15-17-26)21-29(32(36)37)34-19-8-13-28(34)30(35)24-9-4-2-5-10-24/h2-17,19,29H,18,20-21H2,1H3,(H,36,37). The molecule has 1 atom stereocenters. The number of ketones is 1. The molecular weight excluding hydrogens is 492 g/mol. The van der Waals surface area contributed by atoms with Gasteiger partial charge in [0.2, 0.25) is 11.7 Å². The third-order valence-corrected chi connectivity index (χ3v) is 6.54. The summed E-state index contributed by atoms with van der Waals surface area (Å²) in [5.41, 5.74) is 3.45. The van der Waals surface area contributed by atoms with E-state index in [4.69, 9.17) is 9.15 Å². The number of nitrogens with zero attached hydrogens (tertiary/aromatic N) is 2. The fourth-order valence-electron chi connectivity index (χ4n) is 4.47. The van der Waals surface area contributed by atoms with E-state index in [0.29, 0.717) is 35.9 Å². The Morgan fingerprint density at radius 3 is 2.31 bits per heavy atom. The number of hydrogen-bond donors (Lipinski definition) is 1. The predicted molar refractivity (Wildman–Crippen MR) is 147 cm³/mol. The molecule has 0 bridgehead atoms. The molecule has 0 saturated carbocycles. The van der Waals surface area contributed by atoms with Crippen LogP contribution in [0.2, 0.25) is 0 Å². The summed E-state index contributed by atoms with van der Waals surface area (Å²) >= 11 is 0. The number of carbonyl (C=O) groups excluding carboxylic acids is 1.